The second kappa shape index (κ2) is 5.45. The molecule has 3 saturated carbocycles. The lowest BCUT2D eigenvalue weighted by Gasteiger charge is -2.57. The molecule has 4 fully saturated rings. The Morgan fingerprint density at radius 1 is 1.04 bits per heavy atom. The molecule has 132 valence electrons. The van der Waals surface area contributed by atoms with Crippen LogP contribution in [0.5, 0.6) is 0 Å². The Balaban J connectivity index is 1.44. The van der Waals surface area contributed by atoms with E-state index in [2.05, 4.69) is 32.1 Å². The maximum atomic E-state index is 5.95. The number of hydrogen-bond acceptors (Lipinski definition) is 2. The largest absolute Gasteiger partial charge is 0.353 e. The van der Waals surface area contributed by atoms with E-state index in [1.54, 1.807) is 5.57 Å². The van der Waals surface area contributed by atoms with Crippen LogP contribution in [0.25, 0.3) is 0 Å². The lowest BCUT2D eigenvalue weighted by molar-refractivity contribution is -0.0651. The highest BCUT2D eigenvalue weighted by molar-refractivity contribution is 5.31. The van der Waals surface area contributed by atoms with Crippen molar-refractivity contribution in [1.29, 1.82) is 0 Å². The zero-order chi connectivity index (χ0) is 16.4. The predicted octanol–water partition coefficient (Wildman–Crippen LogP) is 5.10. The average molecular weight is 328 g/mol. The molecule has 4 aliphatic carbocycles. The Labute approximate surface area is 146 Å². The first-order valence-electron chi connectivity index (χ1n) is 10.2. The van der Waals surface area contributed by atoms with Crippen LogP contribution in [0.2, 0.25) is 0 Å². The monoisotopic (exact) mass is 328 g/mol. The van der Waals surface area contributed by atoms with E-state index >= 15 is 0 Å². The lowest BCUT2D eigenvalue weighted by atomic mass is 9.47. The van der Waals surface area contributed by atoms with E-state index in [-0.39, 0.29) is 0 Å². The van der Waals surface area contributed by atoms with Crippen LogP contribution < -0.4 is 0 Å². The Bertz CT molecular complexity index is 573. The first-order chi connectivity index (χ1) is 11.6. The van der Waals surface area contributed by atoms with Crippen molar-refractivity contribution in [2.75, 3.05) is 13.4 Å². The fourth-order valence-electron chi connectivity index (χ4n) is 7.57. The summed E-state index contributed by atoms with van der Waals surface area (Å²) < 4.78 is 11.5. The molecule has 0 aromatic rings. The number of ether oxygens (including phenoxy) is 2. The van der Waals surface area contributed by atoms with E-state index in [0.29, 0.717) is 23.7 Å². The summed E-state index contributed by atoms with van der Waals surface area (Å²) in [6.07, 6.45) is 17.4. The molecule has 0 N–H and O–H groups in total. The van der Waals surface area contributed by atoms with Gasteiger partial charge in [0.15, 0.2) is 0 Å². The Morgan fingerprint density at radius 2 is 1.92 bits per heavy atom. The zero-order valence-electron chi connectivity index (χ0n) is 15.3. The molecule has 0 aromatic heterocycles. The molecule has 24 heavy (non-hydrogen) atoms. The summed E-state index contributed by atoms with van der Waals surface area (Å²) in [5.41, 5.74) is 2.58. The standard InChI is InChI=1S/C22H32O2/c1-21-11-4-3-5-15(21)6-7-16-17-8-9-19(20-13-23-14-24-20)22(17,2)12-10-18(16)21/h4-5,11,16-20H,3,6-10,12-14H2,1-2H3/t16-,17-,18-,19+,20?,21-,22-/m0/s1. The van der Waals surface area contributed by atoms with Gasteiger partial charge in [-0.2, -0.15) is 0 Å². The third kappa shape index (κ3) is 2.02. The van der Waals surface area contributed by atoms with E-state index in [1.807, 2.05) is 0 Å². The SMILES string of the molecule is C[C@]12CC[C@H]3[C@@H](CCC4=CCC=C[C@@]43C)[C@@H]1CC[C@@H]2C1COCO1. The first-order valence-corrected chi connectivity index (χ1v) is 10.2. The van der Waals surface area contributed by atoms with Gasteiger partial charge >= 0.3 is 0 Å². The molecular weight excluding hydrogens is 296 g/mol. The first kappa shape index (κ1) is 15.6. The minimum absolute atomic E-state index is 0.355. The van der Waals surface area contributed by atoms with Crippen LogP contribution in [-0.4, -0.2) is 19.5 Å². The fourth-order valence-corrected chi connectivity index (χ4v) is 7.57. The Kier molecular flexibility index (Phi) is 3.55. The van der Waals surface area contributed by atoms with Gasteiger partial charge in [-0.05, 0) is 74.0 Å². The quantitative estimate of drug-likeness (QED) is 0.623. The van der Waals surface area contributed by atoms with Gasteiger partial charge in [-0.25, -0.2) is 0 Å². The van der Waals surface area contributed by atoms with Gasteiger partial charge in [-0.15, -0.1) is 0 Å². The summed E-state index contributed by atoms with van der Waals surface area (Å²) >= 11 is 0. The van der Waals surface area contributed by atoms with Crippen LogP contribution >= 0.6 is 0 Å². The molecule has 0 radical (unpaired) electrons. The van der Waals surface area contributed by atoms with Gasteiger partial charge in [0.2, 0.25) is 0 Å². The van der Waals surface area contributed by atoms with Crippen molar-refractivity contribution in [1.82, 2.24) is 0 Å². The van der Waals surface area contributed by atoms with Crippen molar-refractivity contribution in [3.05, 3.63) is 23.8 Å². The summed E-state index contributed by atoms with van der Waals surface area (Å²) in [4.78, 5) is 0. The highest BCUT2D eigenvalue weighted by atomic mass is 16.7. The van der Waals surface area contributed by atoms with Crippen LogP contribution in [0.4, 0.5) is 0 Å². The van der Waals surface area contributed by atoms with Crippen molar-refractivity contribution in [2.45, 2.75) is 64.9 Å². The molecule has 2 heteroatoms. The molecule has 0 amide bonds. The van der Waals surface area contributed by atoms with E-state index in [9.17, 15) is 0 Å². The van der Waals surface area contributed by atoms with Gasteiger partial charge in [0.05, 0.1) is 12.7 Å². The molecule has 0 aromatic carbocycles. The van der Waals surface area contributed by atoms with Gasteiger partial charge in [0.25, 0.3) is 0 Å². The molecule has 1 heterocycles. The second-order valence-electron chi connectivity index (χ2n) is 9.49. The van der Waals surface area contributed by atoms with Crippen molar-refractivity contribution in [3.8, 4) is 0 Å². The van der Waals surface area contributed by atoms with Crippen LogP contribution in [0.1, 0.15) is 58.8 Å². The summed E-state index contributed by atoms with van der Waals surface area (Å²) in [5.74, 6) is 3.41. The second-order valence-corrected chi connectivity index (χ2v) is 9.49. The van der Waals surface area contributed by atoms with Crippen LogP contribution in [-0.2, 0) is 9.47 Å². The van der Waals surface area contributed by atoms with Crippen LogP contribution in [0.3, 0.4) is 0 Å². The van der Waals surface area contributed by atoms with Crippen LogP contribution in [0, 0.1) is 34.5 Å². The summed E-state index contributed by atoms with van der Waals surface area (Å²) in [6, 6.07) is 0. The average Bonchev–Trinajstić information content (AvgIpc) is 3.20. The lowest BCUT2D eigenvalue weighted by Crippen LogP contribution is -2.50. The summed E-state index contributed by atoms with van der Waals surface area (Å²) in [5, 5.41) is 0. The normalized spacial score (nSPS) is 53.2. The zero-order valence-corrected chi connectivity index (χ0v) is 15.3. The third-order valence-corrected chi connectivity index (χ3v) is 8.78. The number of fused-ring (bicyclic) bond motifs is 5. The molecule has 5 aliphatic rings. The molecule has 0 bridgehead atoms. The van der Waals surface area contributed by atoms with Crippen LogP contribution in [0.15, 0.2) is 23.8 Å². The van der Waals surface area contributed by atoms with Crippen molar-refractivity contribution >= 4 is 0 Å². The van der Waals surface area contributed by atoms with E-state index in [1.165, 1.54) is 38.5 Å². The minimum atomic E-state index is 0.355. The summed E-state index contributed by atoms with van der Waals surface area (Å²) in [7, 11) is 0. The highest BCUT2D eigenvalue weighted by Gasteiger charge is 2.59. The number of allylic oxidation sites excluding steroid dienone is 4. The van der Waals surface area contributed by atoms with Gasteiger partial charge in [0.1, 0.15) is 6.79 Å². The third-order valence-electron chi connectivity index (χ3n) is 8.78. The number of hydrogen-bond donors (Lipinski definition) is 0. The molecule has 1 aliphatic heterocycles. The summed E-state index contributed by atoms with van der Waals surface area (Å²) in [6.45, 7) is 6.48. The van der Waals surface area contributed by atoms with Gasteiger partial charge in [0, 0.05) is 5.41 Å². The van der Waals surface area contributed by atoms with Gasteiger partial charge in [-0.3, -0.25) is 0 Å². The Morgan fingerprint density at radius 3 is 2.75 bits per heavy atom. The predicted molar refractivity (Wildman–Crippen MR) is 95.4 cm³/mol. The minimum Gasteiger partial charge on any atom is -0.353 e. The van der Waals surface area contributed by atoms with E-state index < -0.39 is 0 Å². The molecule has 2 nitrogen and oxygen atoms in total. The maximum absolute atomic E-state index is 5.95. The van der Waals surface area contributed by atoms with Crippen molar-refractivity contribution in [2.24, 2.45) is 34.5 Å². The molecule has 1 saturated heterocycles. The highest BCUT2D eigenvalue weighted by Crippen LogP contribution is 2.66. The van der Waals surface area contributed by atoms with Crippen molar-refractivity contribution in [3.63, 3.8) is 0 Å². The van der Waals surface area contributed by atoms with E-state index in [4.69, 9.17) is 9.47 Å². The molecule has 0 spiro atoms. The fraction of sp³-hybridized carbons (Fsp3) is 0.818. The van der Waals surface area contributed by atoms with E-state index in [0.717, 1.165) is 36.7 Å². The molecule has 7 atom stereocenters. The smallest absolute Gasteiger partial charge is 0.147 e. The van der Waals surface area contributed by atoms with Gasteiger partial charge < -0.3 is 9.47 Å². The molecule has 1 unspecified atom stereocenters. The number of rotatable bonds is 1. The molecule has 5 rings (SSSR count). The maximum Gasteiger partial charge on any atom is 0.147 e. The topological polar surface area (TPSA) is 18.5 Å². The van der Waals surface area contributed by atoms with Gasteiger partial charge in [-0.1, -0.05) is 37.6 Å². The van der Waals surface area contributed by atoms with Crippen molar-refractivity contribution < 1.29 is 9.47 Å². The Hall–Kier alpha value is -0.600. The molecular formula is C22H32O2.